The number of nitrogens with two attached hydrogens (primary N) is 1. The SMILES string of the molecule is Nc1cc(NC(=O)c2ccc(CNC(=O)CCc3ccc(F)cc3)cc2)ccn1. The molecule has 3 rings (SSSR count). The number of hydrogen-bond acceptors (Lipinski definition) is 4. The van der Waals surface area contributed by atoms with Crippen LogP contribution in [0.25, 0.3) is 0 Å². The number of nitrogens with zero attached hydrogens (tertiary/aromatic N) is 1. The topological polar surface area (TPSA) is 97.1 Å². The molecule has 0 bridgehead atoms. The lowest BCUT2D eigenvalue weighted by Crippen LogP contribution is -2.23. The van der Waals surface area contributed by atoms with Crippen molar-refractivity contribution < 1.29 is 14.0 Å². The maximum atomic E-state index is 12.9. The van der Waals surface area contributed by atoms with E-state index in [-0.39, 0.29) is 17.6 Å². The number of benzene rings is 2. The fourth-order valence-electron chi connectivity index (χ4n) is 2.70. The Labute approximate surface area is 168 Å². The summed E-state index contributed by atoms with van der Waals surface area (Å²) in [4.78, 5) is 28.2. The summed E-state index contributed by atoms with van der Waals surface area (Å²) in [7, 11) is 0. The Morgan fingerprint density at radius 1 is 0.966 bits per heavy atom. The summed E-state index contributed by atoms with van der Waals surface area (Å²) in [6.45, 7) is 0.366. The molecule has 7 heteroatoms. The van der Waals surface area contributed by atoms with E-state index in [1.807, 2.05) is 0 Å². The van der Waals surface area contributed by atoms with Crippen LogP contribution in [0.4, 0.5) is 15.9 Å². The average molecular weight is 392 g/mol. The molecule has 6 nitrogen and oxygen atoms in total. The second kappa shape index (κ2) is 9.45. The smallest absolute Gasteiger partial charge is 0.255 e. The van der Waals surface area contributed by atoms with Crippen LogP contribution in [0.1, 0.15) is 27.9 Å². The molecule has 0 atom stereocenters. The van der Waals surface area contributed by atoms with Crippen LogP contribution in [0.5, 0.6) is 0 Å². The minimum absolute atomic E-state index is 0.0913. The number of pyridine rings is 1. The maximum Gasteiger partial charge on any atom is 0.255 e. The van der Waals surface area contributed by atoms with Crippen LogP contribution in [0, 0.1) is 5.82 Å². The first-order valence-electron chi connectivity index (χ1n) is 9.12. The Balaban J connectivity index is 1.46. The highest BCUT2D eigenvalue weighted by atomic mass is 19.1. The number of amides is 2. The number of rotatable bonds is 7. The average Bonchev–Trinajstić information content (AvgIpc) is 2.72. The molecular weight excluding hydrogens is 371 g/mol. The van der Waals surface area contributed by atoms with Gasteiger partial charge in [-0.1, -0.05) is 24.3 Å². The molecule has 0 unspecified atom stereocenters. The Morgan fingerprint density at radius 3 is 2.34 bits per heavy atom. The molecule has 2 amide bonds. The van der Waals surface area contributed by atoms with Gasteiger partial charge in [0, 0.05) is 36.5 Å². The number of aryl methyl sites for hydroxylation is 1. The molecule has 0 radical (unpaired) electrons. The van der Waals surface area contributed by atoms with Crippen molar-refractivity contribution in [3.05, 3.63) is 89.4 Å². The molecule has 0 aliphatic rings. The highest BCUT2D eigenvalue weighted by Crippen LogP contribution is 2.12. The molecule has 29 heavy (non-hydrogen) atoms. The highest BCUT2D eigenvalue weighted by Gasteiger charge is 2.07. The summed E-state index contributed by atoms with van der Waals surface area (Å²) in [6.07, 6.45) is 2.39. The largest absolute Gasteiger partial charge is 0.384 e. The minimum Gasteiger partial charge on any atom is -0.384 e. The van der Waals surface area contributed by atoms with Crippen molar-refractivity contribution in [2.75, 3.05) is 11.1 Å². The third-order valence-corrected chi connectivity index (χ3v) is 4.30. The maximum absolute atomic E-state index is 12.9. The highest BCUT2D eigenvalue weighted by molar-refractivity contribution is 6.04. The van der Waals surface area contributed by atoms with Crippen molar-refractivity contribution >= 4 is 23.3 Å². The molecule has 3 aromatic rings. The van der Waals surface area contributed by atoms with Crippen molar-refractivity contribution in [1.29, 1.82) is 0 Å². The summed E-state index contributed by atoms with van der Waals surface area (Å²) in [5.41, 5.74) is 8.45. The van der Waals surface area contributed by atoms with Crippen molar-refractivity contribution in [3.8, 4) is 0 Å². The van der Waals surface area contributed by atoms with Crippen LogP contribution in [-0.2, 0) is 17.8 Å². The standard InChI is InChI=1S/C22H21FN4O2/c23-18-8-3-15(4-9-18)5-10-21(28)26-14-16-1-6-17(7-2-16)22(29)27-19-11-12-25-20(24)13-19/h1-4,6-9,11-13H,5,10,14H2,(H,26,28)(H3,24,25,27,29). The summed E-state index contributed by atoms with van der Waals surface area (Å²) in [5.74, 6) is -0.314. The number of halogens is 1. The number of nitrogen functional groups attached to an aromatic ring is 1. The van der Waals surface area contributed by atoms with Crippen molar-refractivity contribution in [3.63, 3.8) is 0 Å². The number of carbonyl (C=O) groups excluding carboxylic acids is 2. The second-order valence-corrected chi connectivity index (χ2v) is 6.52. The molecule has 0 aliphatic carbocycles. The van der Waals surface area contributed by atoms with E-state index >= 15 is 0 Å². The van der Waals surface area contributed by atoms with E-state index in [2.05, 4.69) is 15.6 Å². The van der Waals surface area contributed by atoms with E-state index in [1.165, 1.54) is 18.3 Å². The van der Waals surface area contributed by atoms with E-state index in [9.17, 15) is 14.0 Å². The van der Waals surface area contributed by atoms with E-state index < -0.39 is 0 Å². The van der Waals surface area contributed by atoms with E-state index in [0.717, 1.165) is 11.1 Å². The van der Waals surface area contributed by atoms with Gasteiger partial charge in [-0.05, 0) is 47.9 Å². The van der Waals surface area contributed by atoms with Crippen molar-refractivity contribution in [2.45, 2.75) is 19.4 Å². The van der Waals surface area contributed by atoms with Gasteiger partial charge in [0.2, 0.25) is 5.91 Å². The molecule has 148 valence electrons. The van der Waals surface area contributed by atoms with Crippen LogP contribution in [-0.4, -0.2) is 16.8 Å². The second-order valence-electron chi connectivity index (χ2n) is 6.52. The Hall–Kier alpha value is -3.74. The lowest BCUT2D eigenvalue weighted by molar-refractivity contribution is -0.121. The van der Waals surface area contributed by atoms with E-state index in [4.69, 9.17) is 5.73 Å². The van der Waals surface area contributed by atoms with Crippen LogP contribution in [0.3, 0.4) is 0 Å². The van der Waals surface area contributed by atoms with Gasteiger partial charge in [-0.2, -0.15) is 0 Å². The fraction of sp³-hybridized carbons (Fsp3) is 0.136. The van der Waals surface area contributed by atoms with Crippen LogP contribution < -0.4 is 16.4 Å². The molecule has 0 saturated carbocycles. The van der Waals surface area contributed by atoms with Gasteiger partial charge in [0.15, 0.2) is 0 Å². The fourth-order valence-corrected chi connectivity index (χ4v) is 2.70. The zero-order valence-electron chi connectivity index (χ0n) is 15.7. The summed E-state index contributed by atoms with van der Waals surface area (Å²) < 4.78 is 12.9. The van der Waals surface area contributed by atoms with E-state index in [0.29, 0.717) is 36.5 Å². The summed E-state index contributed by atoms with van der Waals surface area (Å²) in [6, 6.07) is 16.3. The first kappa shape index (κ1) is 20.0. The zero-order chi connectivity index (χ0) is 20.6. The zero-order valence-corrected chi connectivity index (χ0v) is 15.7. The predicted molar refractivity (Wildman–Crippen MR) is 110 cm³/mol. The number of hydrogen-bond donors (Lipinski definition) is 3. The molecule has 2 aromatic carbocycles. The Morgan fingerprint density at radius 2 is 1.66 bits per heavy atom. The van der Waals surface area contributed by atoms with Crippen LogP contribution >= 0.6 is 0 Å². The van der Waals surface area contributed by atoms with E-state index in [1.54, 1.807) is 48.5 Å². The Bertz CT molecular complexity index is 988. The molecule has 0 aliphatic heterocycles. The number of carbonyl (C=O) groups is 2. The van der Waals surface area contributed by atoms with Crippen LogP contribution in [0.15, 0.2) is 66.9 Å². The number of anilines is 2. The normalized spacial score (nSPS) is 10.4. The van der Waals surface area contributed by atoms with Gasteiger partial charge in [0.1, 0.15) is 11.6 Å². The predicted octanol–water partition coefficient (Wildman–Crippen LogP) is 3.30. The monoisotopic (exact) mass is 392 g/mol. The molecule has 0 spiro atoms. The first-order valence-corrected chi connectivity index (χ1v) is 9.12. The van der Waals surface area contributed by atoms with Gasteiger partial charge in [-0.15, -0.1) is 0 Å². The van der Waals surface area contributed by atoms with Gasteiger partial charge in [-0.3, -0.25) is 9.59 Å². The van der Waals surface area contributed by atoms with Gasteiger partial charge >= 0.3 is 0 Å². The molecule has 1 aromatic heterocycles. The van der Waals surface area contributed by atoms with Gasteiger partial charge in [-0.25, -0.2) is 9.37 Å². The number of aromatic nitrogens is 1. The van der Waals surface area contributed by atoms with Crippen molar-refractivity contribution in [1.82, 2.24) is 10.3 Å². The van der Waals surface area contributed by atoms with Gasteiger partial charge in [0.25, 0.3) is 5.91 Å². The summed E-state index contributed by atoms with van der Waals surface area (Å²) in [5, 5.41) is 5.59. The molecule has 4 N–H and O–H groups in total. The van der Waals surface area contributed by atoms with Crippen LogP contribution in [0.2, 0.25) is 0 Å². The van der Waals surface area contributed by atoms with Gasteiger partial charge in [0.05, 0.1) is 0 Å². The minimum atomic E-state index is -0.291. The first-order chi connectivity index (χ1) is 14.0. The molecule has 1 heterocycles. The Kier molecular flexibility index (Phi) is 6.52. The number of nitrogens with one attached hydrogen (secondary N) is 2. The lowest BCUT2D eigenvalue weighted by atomic mass is 10.1. The third kappa shape index (κ3) is 6.14. The van der Waals surface area contributed by atoms with Gasteiger partial charge < -0.3 is 16.4 Å². The molecule has 0 saturated heterocycles. The van der Waals surface area contributed by atoms with Crippen molar-refractivity contribution in [2.24, 2.45) is 0 Å². The summed E-state index contributed by atoms with van der Waals surface area (Å²) >= 11 is 0. The molecular formula is C22H21FN4O2. The molecule has 0 fully saturated rings. The lowest BCUT2D eigenvalue weighted by Gasteiger charge is -2.08. The third-order valence-electron chi connectivity index (χ3n) is 4.30. The quantitative estimate of drug-likeness (QED) is 0.575.